The van der Waals surface area contributed by atoms with Gasteiger partial charge in [0.15, 0.2) is 5.96 Å². The molecule has 0 saturated heterocycles. The third kappa shape index (κ3) is 2.57. The van der Waals surface area contributed by atoms with Crippen LogP contribution in [0.3, 0.4) is 0 Å². The summed E-state index contributed by atoms with van der Waals surface area (Å²) in [5, 5.41) is 12.8. The first kappa shape index (κ1) is 8.52. The van der Waals surface area contributed by atoms with Crippen LogP contribution in [-0.4, -0.2) is 18.0 Å². The zero-order valence-corrected chi connectivity index (χ0v) is 6.96. The number of nitrogens with zero attached hydrogens (tertiary/aromatic N) is 1. The normalized spacial score (nSPS) is 9.08. The van der Waals surface area contributed by atoms with Crippen LogP contribution in [0.1, 0.15) is 5.69 Å². The van der Waals surface area contributed by atoms with Crippen molar-refractivity contribution in [3.05, 3.63) is 30.1 Å². The Labute approximate surface area is 71.5 Å². The summed E-state index contributed by atoms with van der Waals surface area (Å²) in [5.74, 6) is 0.306. The highest BCUT2D eigenvalue weighted by molar-refractivity contribution is 5.75. The molecule has 0 atom stereocenters. The van der Waals surface area contributed by atoms with Gasteiger partial charge in [-0.3, -0.25) is 10.4 Å². The van der Waals surface area contributed by atoms with E-state index < -0.39 is 0 Å². The summed E-state index contributed by atoms with van der Waals surface area (Å²) < 4.78 is 0. The maximum atomic E-state index is 7.24. The summed E-state index contributed by atoms with van der Waals surface area (Å²) in [4.78, 5) is 4.10. The van der Waals surface area contributed by atoms with Gasteiger partial charge in [0.05, 0.1) is 12.2 Å². The molecule has 1 heterocycles. The molecule has 0 radical (unpaired) electrons. The largest absolute Gasteiger partial charge is 0.360 e. The quantitative estimate of drug-likeness (QED) is 0.436. The average Bonchev–Trinajstić information content (AvgIpc) is 2.16. The Balaban J connectivity index is 2.38. The second kappa shape index (κ2) is 4.33. The Kier molecular flexibility index (Phi) is 3.07. The first-order valence-electron chi connectivity index (χ1n) is 3.73. The molecule has 12 heavy (non-hydrogen) atoms. The summed E-state index contributed by atoms with van der Waals surface area (Å²) in [6, 6.07) is 5.70. The van der Waals surface area contributed by atoms with Crippen LogP contribution in [0.25, 0.3) is 0 Å². The molecule has 0 aliphatic carbocycles. The Morgan fingerprint density at radius 1 is 1.58 bits per heavy atom. The van der Waals surface area contributed by atoms with Gasteiger partial charge in [-0.05, 0) is 12.1 Å². The smallest absolute Gasteiger partial charge is 0.188 e. The number of aromatic nitrogens is 1. The van der Waals surface area contributed by atoms with Crippen LogP contribution in [-0.2, 0) is 6.54 Å². The summed E-state index contributed by atoms with van der Waals surface area (Å²) >= 11 is 0. The van der Waals surface area contributed by atoms with Gasteiger partial charge in [-0.25, -0.2) is 0 Å². The molecule has 0 aliphatic rings. The summed E-state index contributed by atoms with van der Waals surface area (Å²) in [6.07, 6.45) is 1.74. The fourth-order valence-electron chi connectivity index (χ4n) is 0.770. The standard InChI is InChI=1S/C8H12N4/c1-10-8(9)12-6-7-4-2-3-5-11-7/h2-5H,6H2,1H3,(H3,9,10,12). The Morgan fingerprint density at radius 3 is 3.00 bits per heavy atom. The molecule has 0 spiro atoms. The van der Waals surface area contributed by atoms with Crippen LogP contribution in [0.15, 0.2) is 24.4 Å². The third-order valence-electron chi connectivity index (χ3n) is 1.42. The lowest BCUT2D eigenvalue weighted by Crippen LogP contribution is -2.33. The molecule has 3 N–H and O–H groups in total. The second-order valence-corrected chi connectivity index (χ2v) is 2.30. The molecular formula is C8H12N4. The number of rotatable bonds is 2. The van der Waals surface area contributed by atoms with Gasteiger partial charge in [-0.2, -0.15) is 0 Å². The lowest BCUT2D eigenvalue weighted by atomic mass is 10.3. The van der Waals surface area contributed by atoms with Crippen molar-refractivity contribution in [3.63, 3.8) is 0 Å². The maximum Gasteiger partial charge on any atom is 0.188 e. The van der Waals surface area contributed by atoms with Crippen molar-refractivity contribution >= 4 is 5.96 Å². The molecule has 4 heteroatoms. The fraction of sp³-hybridized carbons (Fsp3) is 0.250. The van der Waals surface area contributed by atoms with Gasteiger partial charge >= 0.3 is 0 Å². The molecule has 1 aromatic heterocycles. The minimum atomic E-state index is 0.306. The van der Waals surface area contributed by atoms with Crippen molar-refractivity contribution < 1.29 is 0 Å². The minimum absolute atomic E-state index is 0.306. The van der Waals surface area contributed by atoms with Crippen LogP contribution in [0, 0.1) is 5.41 Å². The highest BCUT2D eigenvalue weighted by Gasteiger charge is 1.92. The van der Waals surface area contributed by atoms with Crippen molar-refractivity contribution in [2.24, 2.45) is 0 Å². The first-order chi connectivity index (χ1) is 5.83. The van der Waals surface area contributed by atoms with Gasteiger partial charge in [0, 0.05) is 13.2 Å². The van der Waals surface area contributed by atoms with Crippen molar-refractivity contribution in [3.8, 4) is 0 Å². The van der Waals surface area contributed by atoms with E-state index in [1.165, 1.54) is 0 Å². The van der Waals surface area contributed by atoms with Crippen LogP contribution in [0.5, 0.6) is 0 Å². The van der Waals surface area contributed by atoms with E-state index in [1.807, 2.05) is 18.2 Å². The summed E-state index contributed by atoms with van der Waals surface area (Å²) in [5.41, 5.74) is 0.928. The van der Waals surface area contributed by atoms with Gasteiger partial charge in [0.2, 0.25) is 0 Å². The highest BCUT2D eigenvalue weighted by atomic mass is 15.1. The molecule has 0 fully saturated rings. The van der Waals surface area contributed by atoms with Crippen LogP contribution in [0.2, 0.25) is 0 Å². The molecule has 0 unspecified atom stereocenters. The van der Waals surface area contributed by atoms with E-state index >= 15 is 0 Å². The van der Waals surface area contributed by atoms with E-state index in [0.717, 1.165) is 5.69 Å². The van der Waals surface area contributed by atoms with Crippen LogP contribution < -0.4 is 10.6 Å². The van der Waals surface area contributed by atoms with Gasteiger partial charge < -0.3 is 10.6 Å². The molecular weight excluding hydrogens is 152 g/mol. The molecule has 0 saturated carbocycles. The third-order valence-corrected chi connectivity index (χ3v) is 1.42. The minimum Gasteiger partial charge on any atom is -0.360 e. The molecule has 0 aromatic carbocycles. The van der Waals surface area contributed by atoms with Gasteiger partial charge in [-0.1, -0.05) is 6.07 Å². The number of guanidine groups is 1. The average molecular weight is 164 g/mol. The van der Waals surface area contributed by atoms with Crippen LogP contribution >= 0.6 is 0 Å². The van der Waals surface area contributed by atoms with E-state index in [1.54, 1.807) is 13.2 Å². The predicted octanol–water partition coefficient (Wildman–Crippen LogP) is 0.325. The van der Waals surface area contributed by atoms with Gasteiger partial charge in [0.1, 0.15) is 0 Å². The summed E-state index contributed by atoms with van der Waals surface area (Å²) in [7, 11) is 1.70. The predicted molar refractivity (Wildman–Crippen MR) is 47.9 cm³/mol. The van der Waals surface area contributed by atoms with E-state index in [4.69, 9.17) is 5.41 Å². The first-order valence-corrected chi connectivity index (χ1v) is 3.73. The lowest BCUT2D eigenvalue weighted by molar-refractivity contribution is 0.833. The molecule has 0 amide bonds. The van der Waals surface area contributed by atoms with E-state index in [-0.39, 0.29) is 0 Å². The maximum absolute atomic E-state index is 7.24. The van der Waals surface area contributed by atoms with E-state index in [9.17, 15) is 0 Å². The van der Waals surface area contributed by atoms with Crippen molar-refractivity contribution in [1.29, 1.82) is 5.41 Å². The molecule has 4 nitrogen and oxygen atoms in total. The monoisotopic (exact) mass is 164 g/mol. The molecule has 1 rings (SSSR count). The second-order valence-electron chi connectivity index (χ2n) is 2.30. The highest BCUT2D eigenvalue weighted by Crippen LogP contribution is 1.90. The fourth-order valence-corrected chi connectivity index (χ4v) is 0.770. The number of hydrogen-bond acceptors (Lipinski definition) is 2. The number of nitrogens with one attached hydrogen (secondary N) is 3. The van der Waals surface area contributed by atoms with Crippen molar-refractivity contribution in [2.75, 3.05) is 7.05 Å². The Bertz CT molecular complexity index is 244. The summed E-state index contributed by atoms with van der Waals surface area (Å²) in [6.45, 7) is 0.584. The number of pyridine rings is 1. The number of hydrogen-bond donors (Lipinski definition) is 3. The van der Waals surface area contributed by atoms with Crippen molar-refractivity contribution in [1.82, 2.24) is 15.6 Å². The zero-order valence-electron chi connectivity index (χ0n) is 6.96. The lowest BCUT2D eigenvalue weighted by Gasteiger charge is -2.05. The van der Waals surface area contributed by atoms with Gasteiger partial charge in [-0.15, -0.1) is 0 Å². The van der Waals surface area contributed by atoms with Crippen LogP contribution in [0.4, 0.5) is 0 Å². The van der Waals surface area contributed by atoms with Crippen molar-refractivity contribution in [2.45, 2.75) is 6.54 Å². The molecule has 1 aromatic rings. The topological polar surface area (TPSA) is 60.8 Å². The molecule has 0 aliphatic heterocycles. The Morgan fingerprint density at radius 2 is 2.42 bits per heavy atom. The Hall–Kier alpha value is -1.58. The molecule has 0 bridgehead atoms. The molecule has 64 valence electrons. The zero-order chi connectivity index (χ0) is 8.81. The van der Waals surface area contributed by atoms with E-state index in [2.05, 4.69) is 15.6 Å². The SMILES string of the molecule is CNC(=N)NCc1ccccn1. The van der Waals surface area contributed by atoms with Gasteiger partial charge in [0.25, 0.3) is 0 Å². The van der Waals surface area contributed by atoms with E-state index in [0.29, 0.717) is 12.5 Å².